The molecule has 2 aromatic carbocycles. The summed E-state index contributed by atoms with van der Waals surface area (Å²) in [7, 11) is 0. The Hall–Kier alpha value is -4.28. The van der Waals surface area contributed by atoms with Gasteiger partial charge in [-0.25, -0.2) is 33.1 Å². The summed E-state index contributed by atoms with van der Waals surface area (Å²) in [5.74, 6) is -2.04. The molecule has 0 radical (unpaired) electrons. The van der Waals surface area contributed by atoms with E-state index in [0.29, 0.717) is 17.0 Å². The number of nitrogens with zero attached hydrogens (tertiary/aromatic N) is 5. The topological polar surface area (TPSA) is 101 Å². The number of aromatic nitrogens is 6. The summed E-state index contributed by atoms with van der Waals surface area (Å²) in [4.78, 5) is 32.9. The maximum Gasteiger partial charge on any atom is 0.269 e. The van der Waals surface area contributed by atoms with Crippen LogP contribution in [0.5, 0.6) is 0 Å². The molecule has 0 saturated heterocycles. The maximum absolute atomic E-state index is 14.7. The number of H-pyrrole nitrogens is 1. The van der Waals surface area contributed by atoms with Crippen molar-refractivity contribution >= 4 is 27.9 Å². The van der Waals surface area contributed by atoms with E-state index in [2.05, 4.69) is 30.2 Å². The van der Waals surface area contributed by atoms with Crippen LogP contribution in [0.15, 0.2) is 53.8 Å². The van der Waals surface area contributed by atoms with Crippen molar-refractivity contribution in [3.63, 3.8) is 0 Å². The summed E-state index contributed by atoms with van der Waals surface area (Å²) < 4.78 is 44.0. The van der Waals surface area contributed by atoms with Crippen LogP contribution < -0.4 is 10.9 Å². The van der Waals surface area contributed by atoms with Crippen LogP contribution in [-0.2, 0) is 0 Å². The van der Waals surface area contributed by atoms with Gasteiger partial charge in [0, 0.05) is 6.07 Å². The second kappa shape index (κ2) is 7.45. The summed E-state index contributed by atoms with van der Waals surface area (Å²) in [6, 6.07) is 5.93. The first-order valence-corrected chi connectivity index (χ1v) is 9.51. The van der Waals surface area contributed by atoms with Crippen LogP contribution in [0.2, 0.25) is 0 Å². The zero-order valence-corrected chi connectivity index (χ0v) is 16.5. The molecule has 0 aliphatic heterocycles. The highest BCUT2D eigenvalue weighted by Gasteiger charge is 2.23. The molecule has 32 heavy (non-hydrogen) atoms. The van der Waals surface area contributed by atoms with Crippen LogP contribution in [0.3, 0.4) is 0 Å². The molecule has 3 aromatic heterocycles. The lowest BCUT2D eigenvalue weighted by molar-refractivity contribution is 0.583. The van der Waals surface area contributed by atoms with Crippen molar-refractivity contribution in [2.24, 2.45) is 0 Å². The molecular weight excluding hydrogens is 423 g/mol. The van der Waals surface area contributed by atoms with Gasteiger partial charge in [-0.3, -0.25) is 9.36 Å². The van der Waals surface area contributed by atoms with E-state index in [9.17, 15) is 18.0 Å². The molecule has 0 spiro atoms. The van der Waals surface area contributed by atoms with Gasteiger partial charge in [0.1, 0.15) is 40.5 Å². The normalized spacial score (nSPS) is 12.4. The Bertz CT molecular complexity index is 1550. The third kappa shape index (κ3) is 3.14. The number of rotatable bonds is 4. The van der Waals surface area contributed by atoms with E-state index < -0.39 is 29.1 Å². The summed E-state index contributed by atoms with van der Waals surface area (Å²) in [5.41, 5.74) is -0.240. The summed E-state index contributed by atoms with van der Waals surface area (Å²) in [5, 5.41) is 2.75. The van der Waals surface area contributed by atoms with Gasteiger partial charge in [-0.1, -0.05) is 6.07 Å². The number of hydrogen-bond acceptors (Lipinski definition) is 6. The third-order valence-electron chi connectivity index (χ3n) is 4.99. The Morgan fingerprint density at radius 2 is 1.91 bits per heavy atom. The molecule has 0 aliphatic carbocycles. The summed E-state index contributed by atoms with van der Waals surface area (Å²) in [6.45, 7) is 1.66. The SMILES string of the molecule is C[C@H](Nc1ncnc2nc[nH]c12)c1nc2cccc(F)c2c(=O)n1-c1cc(F)ccc1F. The van der Waals surface area contributed by atoms with Gasteiger partial charge in [-0.2, -0.15) is 0 Å². The first-order chi connectivity index (χ1) is 15.4. The molecule has 11 heteroatoms. The lowest BCUT2D eigenvalue weighted by Gasteiger charge is -2.20. The fourth-order valence-electron chi connectivity index (χ4n) is 3.53. The van der Waals surface area contributed by atoms with Gasteiger partial charge < -0.3 is 10.3 Å². The standard InChI is InChI=1S/C21H14F3N7O/c1-10(29-19-17-18(26-8-25-17)27-9-28-19)20-30-14-4-2-3-13(24)16(14)21(32)31(20)15-7-11(22)5-6-12(15)23/h2-10H,1H3,(H2,25,26,27,28,29)/t10-/m0/s1. The Balaban J connectivity index is 1.75. The Kier molecular flexibility index (Phi) is 4.58. The number of aromatic amines is 1. The van der Waals surface area contributed by atoms with Crippen LogP contribution in [0.25, 0.3) is 27.8 Å². The number of anilines is 1. The maximum atomic E-state index is 14.7. The van der Waals surface area contributed by atoms with Crippen LogP contribution in [-0.4, -0.2) is 29.5 Å². The highest BCUT2D eigenvalue weighted by Crippen LogP contribution is 2.25. The molecule has 3 heterocycles. The summed E-state index contributed by atoms with van der Waals surface area (Å²) >= 11 is 0. The number of imidazole rings is 1. The van der Waals surface area contributed by atoms with Crippen molar-refractivity contribution in [2.75, 3.05) is 5.32 Å². The third-order valence-corrected chi connectivity index (χ3v) is 4.99. The molecule has 2 N–H and O–H groups in total. The van der Waals surface area contributed by atoms with Gasteiger partial charge in [-0.15, -0.1) is 0 Å². The largest absolute Gasteiger partial charge is 0.358 e. The van der Waals surface area contributed by atoms with Crippen LogP contribution >= 0.6 is 0 Å². The molecular formula is C21H14F3N7O. The first kappa shape index (κ1) is 19.7. The van der Waals surface area contributed by atoms with Gasteiger partial charge in [0.05, 0.1) is 23.6 Å². The second-order valence-corrected chi connectivity index (χ2v) is 7.03. The van der Waals surface area contributed by atoms with E-state index in [-0.39, 0.29) is 22.4 Å². The zero-order valence-electron chi connectivity index (χ0n) is 16.5. The molecule has 0 saturated carbocycles. The minimum Gasteiger partial charge on any atom is -0.358 e. The minimum absolute atomic E-state index is 0.0314. The molecule has 160 valence electrons. The van der Waals surface area contributed by atoms with Crippen LogP contribution in [0.4, 0.5) is 19.0 Å². The molecule has 5 rings (SSSR count). The number of fused-ring (bicyclic) bond motifs is 2. The van der Waals surface area contributed by atoms with Crippen molar-refractivity contribution < 1.29 is 13.2 Å². The van der Waals surface area contributed by atoms with Crippen molar-refractivity contribution in [1.29, 1.82) is 0 Å². The van der Waals surface area contributed by atoms with Gasteiger partial charge in [0.15, 0.2) is 11.5 Å². The fraction of sp³-hybridized carbons (Fsp3) is 0.0952. The van der Waals surface area contributed by atoms with Gasteiger partial charge >= 0.3 is 0 Å². The zero-order chi connectivity index (χ0) is 22.4. The van der Waals surface area contributed by atoms with Gasteiger partial charge in [0.25, 0.3) is 5.56 Å². The van der Waals surface area contributed by atoms with Crippen molar-refractivity contribution in [3.8, 4) is 5.69 Å². The van der Waals surface area contributed by atoms with Gasteiger partial charge in [-0.05, 0) is 31.2 Å². The van der Waals surface area contributed by atoms with Crippen molar-refractivity contribution in [3.05, 3.63) is 82.7 Å². The molecule has 0 aliphatic rings. The molecule has 8 nitrogen and oxygen atoms in total. The smallest absolute Gasteiger partial charge is 0.269 e. The first-order valence-electron chi connectivity index (χ1n) is 9.51. The lowest BCUT2D eigenvalue weighted by atomic mass is 10.2. The van der Waals surface area contributed by atoms with Crippen molar-refractivity contribution in [2.45, 2.75) is 13.0 Å². The molecule has 0 fully saturated rings. The van der Waals surface area contributed by atoms with Crippen LogP contribution in [0.1, 0.15) is 18.8 Å². The van der Waals surface area contributed by atoms with E-state index in [1.165, 1.54) is 24.8 Å². The van der Waals surface area contributed by atoms with Crippen LogP contribution in [0, 0.1) is 17.5 Å². The molecule has 0 amide bonds. The quantitative estimate of drug-likeness (QED) is 0.445. The molecule has 1 atom stereocenters. The number of benzene rings is 2. The van der Waals surface area contributed by atoms with E-state index in [1.807, 2.05) is 0 Å². The average Bonchev–Trinajstić information content (AvgIpc) is 3.25. The number of halogens is 3. The van der Waals surface area contributed by atoms with Crippen molar-refractivity contribution in [1.82, 2.24) is 29.5 Å². The predicted molar refractivity (Wildman–Crippen MR) is 111 cm³/mol. The van der Waals surface area contributed by atoms with E-state index in [4.69, 9.17) is 0 Å². The van der Waals surface area contributed by atoms with E-state index in [1.54, 1.807) is 6.92 Å². The Morgan fingerprint density at radius 3 is 2.75 bits per heavy atom. The monoisotopic (exact) mass is 437 g/mol. The minimum atomic E-state index is -0.865. The predicted octanol–water partition coefficient (Wildman–Crippen LogP) is 3.64. The second-order valence-electron chi connectivity index (χ2n) is 7.03. The molecule has 0 unspecified atom stereocenters. The number of nitrogens with one attached hydrogen (secondary N) is 2. The lowest BCUT2D eigenvalue weighted by Crippen LogP contribution is -2.28. The number of hydrogen-bond donors (Lipinski definition) is 2. The fourth-order valence-corrected chi connectivity index (χ4v) is 3.53. The molecule has 0 bridgehead atoms. The highest BCUT2D eigenvalue weighted by atomic mass is 19.1. The van der Waals surface area contributed by atoms with E-state index >= 15 is 0 Å². The van der Waals surface area contributed by atoms with Gasteiger partial charge in [0.2, 0.25) is 0 Å². The average molecular weight is 437 g/mol. The summed E-state index contributed by atoms with van der Waals surface area (Å²) in [6.07, 6.45) is 2.76. The highest BCUT2D eigenvalue weighted by molar-refractivity contribution is 5.82. The molecule has 5 aromatic rings. The van der Waals surface area contributed by atoms with E-state index in [0.717, 1.165) is 28.8 Å². The Labute approximate surface area is 177 Å². The Morgan fingerprint density at radius 1 is 1.06 bits per heavy atom.